The van der Waals surface area contributed by atoms with Gasteiger partial charge >= 0.3 is 0 Å². The third-order valence-electron chi connectivity index (χ3n) is 7.62. The number of ether oxygens (including phenoxy) is 1. The number of H-pyrrole nitrogens is 1. The number of likely N-dealkylation sites (tertiary alicyclic amines) is 2. The maximum Gasteiger partial charge on any atom is 0.248 e. The van der Waals surface area contributed by atoms with Crippen LogP contribution < -0.4 is 10.6 Å². The Balaban J connectivity index is 1.70. The smallest absolute Gasteiger partial charge is 0.248 e. The number of nitrogens with one attached hydrogen (secondary N) is 3. The van der Waals surface area contributed by atoms with Crippen molar-refractivity contribution in [2.24, 2.45) is 0 Å². The average Bonchev–Trinajstić information content (AvgIpc) is 3.54. The van der Waals surface area contributed by atoms with Crippen molar-refractivity contribution in [3.05, 3.63) is 35.8 Å². The van der Waals surface area contributed by atoms with E-state index >= 15 is 0 Å². The lowest BCUT2D eigenvalue weighted by Crippen LogP contribution is -2.58. The van der Waals surface area contributed by atoms with Gasteiger partial charge in [0.2, 0.25) is 17.7 Å². The van der Waals surface area contributed by atoms with Gasteiger partial charge in [-0.3, -0.25) is 14.4 Å². The summed E-state index contributed by atoms with van der Waals surface area (Å²) in [6, 6.07) is 2.78. The maximum atomic E-state index is 14.1. The van der Waals surface area contributed by atoms with E-state index in [0.717, 1.165) is 16.5 Å². The summed E-state index contributed by atoms with van der Waals surface area (Å²) < 4.78 is 19.6. The molecular weight excluding hydrogens is 453 g/mol. The van der Waals surface area contributed by atoms with Crippen molar-refractivity contribution >= 4 is 28.6 Å². The van der Waals surface area contributed by atoms with E-state index in [1.54, 1.807) is 31.9 Å². The van der Waals surface area contributed by atoms with E-state index in [0.29, 0.717) is 19.5 Å². The summed E-state index contributed by atoms with van der Waals surface area (Å²) in [7, 11) is 3.18. The van der Waals surface area contributed by atoms with Crippen molar-refractivity contribution in [1.29, 1.82) is 0 Å². The monoisotopic (exact) mass is 487 g/mol. The molecule has 2 fully saturated rings. The number of benzene rings is 1. The molecule has 4 rings (SSSR count). The van der Waals surface area contributed by atoms with Crippen LogP contribution in [0, 0.1) is 5.82 Å². The predicted octanol–water partition coefficient (Wildman–Crippen LogP) is 1.35. The Morgan fingerprint density at radius 3 is 2.63 bits per heavy atom. The Morgan fingerprint density at radius 1 is 1.23 bits per heavy atom. The number of aromatic amines is 1. The van der Waals surface area contributed by atoms with Crippen LogP contribution in [-0.2, 0) is 19.1 Å². The first-order valence-electron chi connectivity index (χ1n) is 12.0. The van der Waals surface area contributed by atoms with Crippen LogP contribution in [0.2, 0.25) is 0 Å². The minimum atomic E-state index is -0.880. The number of hydrogen-bond donors (Lipinski definition) is 3. The zero-order chi connectivity index (χ0) is 25.4. The highest BCUT2D eigenvalue weighted by atomic mass is 19.1. The van der Waals surface area contributed by atoms with E-state index in [1.165, 1.54) is 26.2 Å². The fourth-order valence-electron chi connectivity index (χ4n) is 5.51. The van der Waals surface area contributed by atoms with Crippen molar-refractivity contribution in [3.8, 4) is 0 Å². The molecule has 2 aromatic rings. The molecule has 190 valence electrons. The van der Waals surface area contributed by atoms with Crippen molar-refractivity contribution < 1.29 is 23.5 Å². The second-order valence-corrected chi connectivity index (χ2v) is 9.53. The number of halogens is 1. The van der Waals surface area contributed by atoms with Crippen LogP contribution in [0.15, 0.2) is 24.4 Å². The van der Waals surface area contributed by atoms with Crippen molar-refractivity contribution in [1.82, 2.24) is 25.4 Å². The molecule has 6 atom stereocenters. The van der Waals surface area contributed by atoms with E-state index in [2.05, 4.69) is 15.6 Å². The lowest BCUT2D eigenvalue weighted by molar-refractivity contribution is -0.141. The van der Waals surface area contributed by atoms with Crippen LogP contribution in [0.5, 0.6) is 0 Å². The molecule has 0 spiro atoms. The Labute approximate surface area is 204 Å². The van der Waals surface area contributed by atoms with Crippen LogP contribution in [0.1, 0.15) is 38.7 Å². The molecule has 3 N–H and O–H groups in total. The number of nitrogens with zero attached hydrogens (tertiary/aromatic N) is 2. The number of amides is 3. The first kappa shape index (κ1) is 25.1. The number of carbonyl (C=O) groups is 3. The first-order valence-corrected chi connectivity index (χ1v) is 12.0. The maximum absolute atomic E-state index is 14.1. The van der Waals surface area contributed by atoms with Gasteiger partial charge in [0.05, 0.1) is 24.2 Å². The van der Waals surface area contributed by atoms with Crippen LogP contribution >= 0.6 is 0 Å². The quantitative estimate of drug-likeness (QED) is 0.547. The number of likely N-dealkylation sites (N-methyl/N-ethyl adjacent to an activating group) is 1. The Morgan fingerprint density at radius 2 is 1.97 bits per heavy atom. The van der Waals surface area contributed by atoms with Crippen molar-refractivity contribution in [2.45, 2.75) is 63.4 Å². The van der Waals surface area contributed by atoms with E-state index in [-0.39, 0.29) is 41.5 Å². The predicted molar refractivity (Wildman–Crippen MR) is 129 cm³/mol. The van der Waals surface area contributed by atoms with Crippen LogP contribution in [0.4, 0.5) is 4.39 Å². The summed E-state index contributed by atoms with van der Waals surface area (Å²) in [6.45, 7) is 5.89. The summed E-state index contributed by atoms with van der Waals surface area (Å²) in [5, 5.41) is 6.47. The minimum absolute atomic E-state index is 0.0548. The Kier molecular flexibility index (Phi) is 7.14. The lowest BCUT2D eigenvalue weighted by atomic mass is 9.91. The molecule has 2 aliphatic heterocycles. The number of carbonyl (C=O) groups excluding carboxylic acids is 3. The molecule has 2 saturated heterocycles. The molecule has 2 aliphatic rings. The number of aromatic nitrogens is 1. The SMILES string of the molecule is CN[C@@H](C)C(=O)N[C@H](C(=O)N1CC[C@@H]2[C@H]1[C@@H](c1c[nH]c3ccc(F)cc13)CN2C(C)=O)[C@@H](C)OC. The topological polar surface area (TPSA) is 107 Å². The highest BCUT2D eigenvalue weighted by Crippen LogP contribution is 2.43. The Bertz CT molecular complexity index is 1120. The largest absolute Gasteiger partial charge is 0.379 e. The van der Waals surface area contributed by atoms with Gasteiger partial charge in [0.15, 0.2) is 0 Å². The third-order valence-corrected chi connectivity index (χ3v) is 7.62. The van der Waals surface area contributed by atoms with Crippen molar-refractivity contribution in [3.63, 3.8) is 0 Å². The molecule has 1 aromatic heterocycles. The fraction of sp³-hybridized carbons (Fsp3) is 0.560. The van der Waals surface area contributed by atoms with E-state index in [9.17, 15) is 18.8 Å². The fourth-order valence-corrected chi connectivity index (χ4v) is 5.51. The third kappa shape index (κ3) is 4.52. The lowest BCUT2D eigenvalue weighted by Gasteiger charge is -2.34. The second-order valence-electron chi connectivity index (χ2n) is 9.53. The Hall–Kier alpha value is -2.98. The van der Waals surface area contributed by atoms with Gasteiger partial charge < -0.3 is 30.2 Å². The molecule has 0 saturated carbocycles. The zero-order valence-electron chi connectivity index (χ0n) is 20.8. The number of methoxy groups -OCH3 is 1. The molecule has 35 heavy (non-hydrogen) atoms. The van der Waals surface area contributed by atoms with Gasteiger partial charge in [-0.15, -0.1) is 0 Å². The molecule has 9 nitrogen and oxygen atoms in total. The van der Waals surface area contributed by atoms with Crippen molar-refractivity contribution in [2.75, 3.05) is 27.2 Å². The van der Waals surface area contributed by atoms with Gasteiger partial charge in [-0.1, -0.05) is 0 Å². The minimum Gasteiger partial charge on any atom is -0.379 e. The molecule has 3 amide bonds. The van der Waals surface area contributed by atoms with E-state index in [1.807, 2.05) is 11.1 Å². The molecule has 0 radical (unpaired) electrons. The van der Waals surface area contributed by atoms with E-state index < -0.39 is 18.2 Å². The van der Waals surface area contributed by atoms with Gasteiger partial charge in [0.1, 0.15) is 11.9 Å². The molecule has 1 aromatic carbocycles. The molecule has 0 bridgehead atoms. The van der Waals surface area contributed by atoms with Crippen LogP contribution in [-0.4, -0.2) is 90.0 Å². The highest BCUT2D eigenvalue weighted by Gasteiger charge is 2.53. The molecular formula is C25H34FN5O4. The molecule has 0 unspecified atom stereocenters. The molecule has 10 heteroatoms. The number of rotatable bonds is 7. The van der Waals surface area contributed by atoms with Gasteiger partial charge in [0.25, 0.3) is 0 Å². The van der Waals surface area contributed by atoms with Gasteiger partial charge in [-0.2, -0.15) is 0 Å². The van der Waals surface area contributed by atoms with Gasteiger partial charge in [0, 0.05) is 50.1 Å². The summed E-state index contributed by atoms with van der Waals surface area (Å²) in [5.41, 5.74) is 1.68. The summed E-state index contributed by atoms with van der Waals surface area (Å²) >= 11 is 0. The zero-order valence-corrected chi connectivity index (χ0v) is 20.8. The highest BCUT2D eigenvalue weighted by molar-refractivity contribution is 5.91. The summed E-state index contributed by atoms with van der Waals surface area (Å²) in [6.07, 6.45) is 1.93. The molecule has 0 aliphatic carbocycles. The number of hydrogen-bond acceptors (Lipinski definition) is 5. The standard InChI is InChI=1S/C25H34FN5O4/c1-13(27-4)24(33)29-22(14(2)35-5)25(34)30-9-8-21-23(30)19(12-31(21)15(3)32)18-11-28-20-7-6-16(26)10-17(18)20/h6-7,10-11,13-14,19,21-23,27-28H,8-9,12H2,1-5H3,(H,29,33)/t13-,14+,19+,21+,22-,23+/m0/s1. The van der Waals surface area contributed by atoms with E-state index in [4.69, 9.17) is 4.74 Å². The van der Waals surface area contributed by atoms with Crippen LogP contribution in [0.3, 0.4) is 0 Å². The number of fused-ring (bicyclic) bond motifs is 2. The average molecular weight is 488 g/mol. The molecule has 3 heterocycles. The normalized spacial score (nSPS) is 24.3. The summed E-state index contributed by atoms with van der Waals surface area (Å²) in [4.78, 5) is 45.8. The van der Waals surface area contributed by atoms with Gasteiger partial charge in [-0.05, 0) is 51.1 Å². The second kappa shape index (κ2) is 9.94. The van der Waals surface area contributed by atoms with Crippen LogP contribution in [0.25, 0.3) is 10.9 Å². The van der Waals surface area contributed by atoms with Gasteiger partial charge in [-0.25, -0.2) is 4.39 Å². The summed E-state index contributed by atoms with van der Waals surface area (Å²) in [5.74, 6) is -1.14. The first-order chi connectivity index (χ1) is 16.7.